The molecule has 0 saturated carbocycles. The van der Waals surface area contributed by atoms with Gasteiger partial charge >= 0.3 is 6.18 Å². The number of aromatic nitrogens is 2. The summed E-state index contributed by atoms with van der Waals surface area (Å²) in [6.45, 7) is 1.44. The van der Waals surface area contributed by atoms with Crippen LogP contribution in [0.3, 0.4) is 0 Å². The van der Waals surface area contributed by atoms with Crippen molar-refractivity contribution in [2.45, 2.75) is 19.3 Å². The number of ether oxygens (including phenoxy) is 1. The molecule has 1 heterocycles. The summed E-state index contributed by atoms with van der Waals surface area (Å²) in [6, 6.07) is 0. The van der Waals surface area contributed by atoms with Crippen molar-refractivity contribution < 1.29 is 17.9 Å². The summed E-state index contributed by atoms with van der Waals surface area (Å²) >= 11 is 0. The van der Waals surface area contributed by atoms with Gasteiger partial charge in [0.2, 0.25) is 6.23 Å². The normalized spacial score (nSPS) is 13.6. The third-order valence-corrected chi connectivity index (χ3v) is 1.47. The van der Waals surface area contributed by atoms with Crippen molar-refractivity contribution in [1.82, 2.24) is 9.97 Å². The Morgan fingerprint density at radius 3 is 2.67 bits per heavy atom. The van der Waals surface area contributed by atoms with E-state index in [0.717, 1.165) is 0 Å². The molecule has 1 N–H and O–H groups in total. The molecule has 0 radical (unpaired) electrons. The van der Waals surface area contributed by atoms with E-state index in [1.54, 1.807) is 0 Å². The minimum absolute atomic E-state index is 0.0216. The summed E-state index contributed by atoms with van der Waals surface area (Å²) in [5, 5.41) is 2.10. The van der Waals surface area contributed by atoms with Crippen LogP contribution < -0.4 is 5.32 Å². The van der Waals surface area contributed by atoms with Gasteiger partial charge in [0, 0.05) is 19.0 Å². The fourth-order valence-corrected chi connectivity index (χ4v) is 0.893. The minimum atomic E-state index is -4.48. The standard InChI is InChI=1S/C8H10F3N3O/c1-2-15-7(8(9,10)11)14-6-5-12-3-4-13-6/h3-5,7H,2H2,1H3,(H,13,14). The number of rotatable bonds is 4. The second kappa shape index (κ2) is 4.92. The molecular weight excluding hydrogens is 211 g/mol. The van der Waals surface area contributed by atoms with Gasteiger partial charge in [0.25, 0.3) is 0 Å². The van der Waals surface area contributed by atoms with Crippen LogP contribution in [-0.2, 0) is 4.74 Å². The van der Waals surface area contributed by atoms with E-state index in [0.29, 0.717) is 0 Å². The molecule has 1 aromatic heterocycles. The Kier molecular flexibility index (Phi) is 3.84. The molecule has 15 heavy (non-hydrogen) atoms. The highest BCUT2D eigenvalue weighted by atomic mass is 19.4. The van der Waals surface area contributed by atoms with Crippen LogP contribution in [0.5, 0.6) is 0 Å². The van der Waals surface area contributed by atoms with E-state index in [4.69, 9.17) is 0 Å². The summed E-state index contributed by atoms with van der Waals surface area (Å²) in [5.41, 5.74) is 0. The fourth-order valence-electron chi connectivity index (χ4n) is 0.893. The molecule has 0 aliphatic heterocycles. The van der Waals surface area contributed by atoms with Gasteiger partial charge in [-0.15, -0.1) is 0 Å². The van der Waals surface area contributed by atoms with Crippen molar-refractivity contribution in [3.63, 3.8) is 0 Å². The van der Waals surface area contributed by atoms with Crippen LogP contribution >= 0.6 is 0 Å². The van der Waals surface area contributed by atoms with Crippen molar-refractivity contribution in [2.24, 2.45) is 0 Å². The molecular formula is C8H10F3N3O. The topological polar surface area (TPSA) is 47.0 Å². The number of anilines is 1. The number of nitrogens with zero attached hydrogens (tertiary/aromatic N) is 2. The van der Waals surface area contributed by atoms with Crippen molar-refractivity contribution >= 4 is 5.82 Å². The molecule has 1 rings (SSSR count). The summed E-state index contributed by atoms with van der Waals surface area (Å²) in [6.07, 6.45) is -2.68. The number of hydrogen-bond donors (Lipinski definition) is 1. The van der Waals surface area contributed by atoms with E-state index in [2.05, 4.69) is 20.0 Å². The molecule has 1 unspecified atom stereocenters. The molecule has 0 spiro atoms. The zero-order chi connectivity index (χ0) is 11.3. The maximum Gasteiger partial charge on any atom is 0.433 e. The van der Waals surface area contributed by atoms with Crippen LogP contribution in [0.15, 0.2) is 18.6 Å². The molecule has 1 aromatic rings. The number of halogens is 3. The predicted molar refractivity (Wildman–Crippen MR) is 47.1 cm³/mol. The Balaban J connectivity index is 2.67. The van der Waals surface area contributed by atoms with Crippen LogP contribution in [0.4, 0.5) is 19.0 Å². The van der Waals surface area contributed by atoms with Crippen LogP contribution in [0.2, 0.25) is 0 Å². The van der Waals surface area contributed by atoms with Crippen LogP contribution in [-0.4, -0.2) is 29.0 Å². The SMILES string of the molecule is CCOC(Nc1cnccn1)C(F)(F)F. The second-order valence-corrected chi connectivity index (χ2v) is 2.61. The van der Waals surface area contributed by atoms with Gasteiger partial charge in [0.1, 0.15) is 5.82 Å². The van der Waals surface area contributed by atoms with Crippen molar-refractivity contribution in [2.75, 3.05) is 11.9 Å². The molecule has 0 aliphatic carbocycles. The van der Waals surface area contributed by atoms with Crippen LogP contribution in [0.1, 0.15) is 6.92 Å². The number of alkyl halides is 3. The minimum Gasteiger partial charge on any atom is -0.350 e. The molecule has 84 valence electrons. The van der Waals surface area contributed by atoms with E-state index < -0.39 is 12.4 Å². The third-order valence-electron chi connectivity index (χ3n) is 1.47. The molecule has 0 aliphatic rings. The first-order valence-electron chi connectivity index (χ1n) is 4.25. The van der Waals surface area contributed by atoms with Crippen molar-refractivity contribution in [3.8, 4) is 0 Å². The van der Waals surface area contributed by atoms with Gasteiger partial charge in [-0.05, 0) is 6.92 Å². The maximum atomic E-state index is 12.4. The Morgan fingerprint density at radius 2 is 2.20 bits per heavy atom. The molecule has 7 heteroatoms. The molecule has 1 atom stereocenters. The molecule has 4 nitrogen and oxygen atoms in total. The lowest BCUT2D eigenvalue weighted by Gasteiger charge is -2.21. The number of hydrogen-bond acceptors (Lipinski definition) is 4. The summed E-state index contributed by atoms with van der Waals surface area (Å²) < 4.78 is 41.6. The average molecular weight is 221 g/mol. The Morgan fingerprint density at radius 1 is 1.47 bits per heavy atom. The quantitative estimate of drug-likeness (QED) is 0.788. The molecule has 0 amide bonds. The highest BCUT2D eigenvalue weighted by molar-refractivity contribution is 5.30. The van der Waals surface area contributed by atoms with Gasteiger partial charge < -0.3 is 10.1 Å². The monoisotopic (exact) mass is 221 g/mol. The zero-order valence-corrected chi connectivity index (χ0v) is 7.95. The highest BCUT2D eigenvalue weighted by Gasteiger charge is 2.40. The van der Waals surface area contributed by atoms with Gasteiger partial charge in [-0.25, -0.2) is 4.98 Å². The fraction of sp³-hybridized carbons (Fsp3) is 0.500. The molecule has 0 saturated heterocycles. The first-order valence-corrected chi connectivity index (χ1v) is 4.25. The van der Waals surface area contributed by atoms with E-state index in [-0.39, 0.29) is 12.4 Å². The zero-order valence-electron chi connectivity index (χ0n) is 7.95. The number of nitrogens with one attached hydrogen (secondary N) is 1. The van der Waals surface area contributed by atoms with E-state index in [1.807, 2.05) is 0 Å². The second-order valence-electron chi connectivity index (χ2n) is 2.61. The molecule has 0 aromatic carbocycles. The first-order chi connectivity index (χ1) is 7.04. The smallest absolute Gasteiger partial charge is 0.350 e. The van der Waals surface area contributed by atoms with E-state index >= 15 is 0 Å². The third kappa shape index (κ3) is 3.70. The Labute approximate surface area is 84.5 Å². The molecule has 0 bridgehead atoms. The van der Waals surface area contributed by atoms with Crippen molar-refractivity contribution in [3.05, 3.63) is 18.6 Å². The lowest BCUT2D eigenvalue weighted by Crippen LogP contribution is -2.39. The largest absolute Gasteiger partial charge is 0.433 e. The van der Waals surface area contributed by atoms with Gasteiger partial charge in [0.15, 0.2) is 0 Å². The van der Waals surface area contributed by atoms with Gasteiger partial charge in [-0.3, -0.25) is 4.98 Å². The summed E-state index contributed by atoms with van der Waals surface area (Å²) in [5.74, 6) is 0.0216. The maximum absolute atomic E-state index is 12.4. The average Bonchev–Trinajstić information content (AvgIpc) is 2.17. The van der Waals surface area contributed by atoms with Gasteiger partial charge in [-0.2, -0.15) is 13.2 Å². The summed E-state index contributed by atoms with van der Waals surface area (Å²) in [7, 11) is 0. The lowest BCUT2D eigenvalue weighted by atomic mass is 10.5. The van der Waals surface area contributed by atoms with Gasteiger partial charge in [-0.1, -0.05) is 0 Å². The van der Waals surface area contributed by atoms with E-state index in [1.165, 1.54) is 25.5 Å². The van der Waals surface area contributed by atoms with Crippen molar-refractivity contribution in [1.29, 1.82) is 0 Å². The summed E-state index contributed by atoms with van der Waals surface area (Å²) in [4.78, 5) is 7.29. The predicted octanol–water partition coefficient (Wildman–Crippen LogP) is 1.81. The Hall–Kier alpha value is -1.37. The lowest BCUT2D eigenvalue weighted by molar-refractivity contribution is -0.209. The van der Waals surface area contributed by atoms with Crippen LogP contribution in [0.25, 0.3) is 0 Å². The van der Waals surface area contributed by atoms with Gasteiger partial charge in [0.05, 0.1) is 6.20 Å². The Bertz CT molecular complexity index is 291. The highest BCUT2D eigenvalue weighted by Crippen LogP contribution is 2.23. The van der Waals surface area contributed by atoms with E-state index in [9.17, 15) is 13.2 Å². The molecule has 0 fully saturated rings. The van der Waals surface area contributed by atoms with Crippen LogP contribution in [0, 0.1) is 0 Å². The first kappa shape index (κ1) is 11.7.